The first kappa shape index (κ1) is 12.5. The van der Waals surface area contributed by atoms with Gasteiger partial charge in [-0.3, -0.25) is 9.69 Å². The van der Waals surface area contributed by atoms with E-state index in [1.54, 1.807) is 0 Å². The van der Waals surface area contributed by atoms with Crippen molar-refractivity contribution in [1.82, 2.24) is 9.88 Å². The standard InChI is InChI=1S/C16H16N2O3/c19-16-12(9-18-4-2-1-3-5-18)6-11-7-14-15(21-10-20-14)8-13(11)17-16/h1-2,6-8H,3-5,9-10H2,(H,17,19). The van der Waals surface area contributed by atoms with E-state index in [9.17, 15) is 4.79 Å². The van der Waals surface area contributed by atoms with Crippen LogP contribution >= 0.6 is 0 Å². The summed E-state index contributed by atoms with van der Waals surface area (Å²) in [4.78, 5) is 17.4. The molecule has 1 aromatic heterocycles. The van der Waals surface area contributed by atoms with Crippen molar-refractivity contribution in [3.05, 3.63) is 46.3 Å². The smallest absolute Gasteiger partial charge is 0.252 e. The first-order valence-corrected chi connectivity index (χ1v) is 7.12. The summed E-state index contributed by atoms with van der Waals surface area (Å²) in [6, 6.07) is 5.70. The molecule has 3 heterocycles. The molecule has 0 unspecified atom stereocenters. The predicted molar refractivity (Wildman–Crippen MR) is 79.7 cm³/mol. The molecule has 5 heteroatoms. The first-order chi connectivity index (χ1) is 10.3. The number of hydrogen-bond acceptors (Lipinski definition) is 4. The number of aromatic amines is 1. The van der Waals surface area contributed by atoms with Crippen molar-refractivity contribution in [2.75, 3.05) is 19.9 Å². The molecule has 2 aromatic rings. The summed E-state index contributed by atoms with van der Waals surface area (Å²) in [7, 11) is 0. The van der Waals surface area contributed by atoms with Crippen LogP contribution in [-0.2, 0) is 6.54 Å². The number of ether oxygens (including phenoxy) is 2. The molecule has 2 aliphatic heterocycles. The van der Waals surface area contributed by atoms with Crippen molar-refractivity contribution < 1.29 is 9.47 Å². The maximum atomic E-state index is 12.2. The van der Waals surface area contributed by atoms with Gasteiger partial charge < -0.3 is 14.5 Å². The molecule has 0 fully saturated rings. The van der Waals surface area contributed by atoms with E-state index in [1.165, 1.54) is 0 Å². The molecule has 0 bridgehead atoms. The summed E-state index contributed by atoms with van der Waals surface area (Å²) in [5.74, 6) is 1.42. The fourth-order valence-electron chi connectivity index (χ4n) is 2.83. The summed E-state index contributed by atoms with van der Waals surface area (Å²) in [6.45, 7) is 2.81. The van der Waals surface area contributed by atoms with Crippen molar-refractivity contribution in [3.8, 4) is 11.5 Å². The Balaban J connectivity index is 1.72. The van der Waals surface area contributed by atoms with E-state index in [0.29, 0.717) is 12.3 Å². The Bertz CT molecular complexity index is 779. The third-order valence-corrected chi connectivity index (χ3v) is 3.95. The number of H-pyrrole nitrogens is 1. The highest BCUT2D eigenvalue weighted by atomic mass is 16.7. The van der Waals surface area contributed by atoms with Gasteiger partial charge in [-0.1, -0.05) is 12.2 Å². The molecule has 1 aromatic carbocycles. The fourth-order valence-corrected chi connectivity index (χ4v) is 2.83. The van der Waals surface area contributed by atoms with Crippen molar-refractivity contribution >= 4 is 10.9 Å². The van der Waals surface area contributed by atoms with E-state index < -0.39 is 0 Å². The topological polar surface area (TPSA) is 54.6 Å². The van der Waals surface area contributed by atoms with Crippen molar-refractivity contribution in [2.45, 2.75) is 13.0 Å². The molecule has 0 amide bonds. The molecule has 0 saturated carbocycles. The Morgan fingerprint density at radius 2 is 2.00 bits per heavy atom. The average molecular weight is 284 g/mol. The molecular weight excluding hydrogens is 268 g/mol. The van der Waals surface area contributed by atoms with E-state index in [2.05, 4.69) is 22.0 Å². The van der Waals surface area contributed by atoms with Gasteiger partial charge in [0.1, 0.15) is 0 Å². The van der Waals surface area contributed by atoms with Gasteiger partial charge in [0.05, 0.1) is 5.52 Å². The van der Waals surface area contributed by atoms with Crippen LogP contribution < -0.4 is 15.0 Å². The molecule has 1 N–H and O–H groups in total. The number of nitrogens with one attached hydrogen (secondary N) is 1. The van der Waals surface area contributed by atoms with Crippen LogP contribution in [0.1, 0.15) is 12.0 Å². The molecule has 0 saturated heterocycles. The lowest BCUT2D eigenvalue weighted by molar-refractivity contribution is 0.174. The van der Waals surface area contributed by atoms with E-state index in [1.807, 2.05) is 18.2 Å². The fraction of sp³-hybridized carbons (Fsp3) is 0.312. The molecule has 21 heavy (non-hydrogen) atoms. The monoisotopic (exact) mass is 284 g/mol. The molecule has 4 rings (SSSR count). The van der Waals surface area contributed by atoms with Gasteiger partial charge in [0.2, 0.25) is 6.79 Å². The molecule has 0 radical (unpaired) electrons. The largest absolute Gasteiger partial charge is 0.454 e. The van der Waals surface area contributed by atoms with Gasteiger partial charge in [0.15, 0.2) is 11.5 Å². The van der Waals surface area contributed by atoms with E-state index in [-0.39, 0.29) is 12.4 Å². The van der Waals surface area contributed by atoms with Crippen LogP contribution in [0.2, 0.25) is 0 Å². The van der Waals surface area contributed by atoms with Crippen molar-refractivity contribution in [1.29, 1.82) is 0 Å². The molecule has 0 spiro atoms. The van der Waals surface area contributed by atoms with Gasteiger partial charge in [0.25, 0.3) is 5.56 Å². The second-order valence-corrected chi connectivity index (χ2v) is 5.41. The molecule has 2 aliphatic rings. The molecule has 0 aliphatic carbocycles. The van der Waals surface area contributed by atoms with E-state index in [4.69, 9.17) is 9.47 Å². The van der Waals surface area contributed by atoms with Crippen LogP contribution in [0.25, 0.3) is 10.9 Å². The van der Waals surface area contributed by atoms with Gasteiger partial charge in [-0.25, -0.2) is 0 Å². The highest BCUT2D eigenvalue weighted by molar-refractivity contribution is 5.83. The quantitative estimate of drug-likeness (QED) is 0.857. The molecule has 0 atom stereocenters. The van der Waals surface area contributed by atoms with Crippen molar-refractivity contribution in [2.24, 2.45) is 0 Å². The predicted octanol–water partition coefficient (Wildman–Crippen LogP) is 2.02. The number of benzene rings is 1. The van der Waals surface area contributed by atoms with Crippen LogP contribution in [0.4, 0.5) is 0 Å². The Hall–Kier alpha value is -2.27. The number of rotatable bonds is 2. The number of fused-ring (bicyclic) bond motifs is 2. The van der Waals surface area contributed by atoms with Gasteiger partial charge in [-0.2, -0.15) is 0 Å². The summed E-state index contributed by atoms with van der Waals surface area (Å²) in [5.41, 5.74) is 1.54. The van der Waals surface area contributed by atoms with E-state index in [0.717, 1.165) is 41.7 Å². The van der Waals surface area contributed by atoms with Crippen LogP contribution in [0.15, 0.2) is 35.1 Å². The summed E-state index contributed by atoms with van der Waals surface area (Å²) < 4.78 is 10.7. The average Bonchev–Trinajstić information content (AvgIpc) is 2.94. The molecule has 5 nitrogen and oxygen atoms in total. The minimum atomic E-state index is -0.0316. The van der Waals surface area contributed by atoms with Crippen molar-refractivity contribution in [3.63, 3.8) is 0 Å². The second-order valence-electron chi connectivity index (χ2n) is 5.41. The summed E-state index contributed by atoms with van der Waals surface area (Å²) in [5, 5.41) is 0.974. The number of aromatic nitrogens is 1. The minimum absolute atomic E-state index is 0.0316. The zero-order chi connectivity index (χ0) is 14.2. The lowest BCUT2D eigenvalue weighted by Crippen LogP contribution is -2.29. The zero-order valence-corrected chi connectivity index (χ0v) is 11.6. The first-order valence-electron chi connectivity index (χ1n) is 7.12. The lowest BCUT2D eigenvalue weighted by Gasteiger charge is -2.22. The number of nitrogens with zero attached hydrogens (tertiary/aromatic N) is 1. The highest BCUT2D eigenvalue weighted by Gasteiger charge is 2.16. The zero-order valence-electron chi connectivity index (χ0n) is 11.6. The van der Waals surface area contributed by atoms with Gasteiger partial charge in [0, 0.05) is 36.7 Å². The van der Waals surface area contributed by atoms with Crippen LogP contribution in [0, 0.1) is 0 Å². The Labute approximate surface area is 121 Å². The lowest BCUT2D eigenvalue weighted by atomic mass is 10.1. The Morgan fingerprint density at radius 1 is 1.14 bits per heavy atom. The maximum absolute atomic E-state index is 12.2. The Kier molecular flexibility index (Phi) is 2.93. The normalized spacial score (nSPS) is 17.5. The molecular formula is C16H16N2O3. The second kappa shape index (κ2) is 4.93. The third kappa shape index (κ3) is 2.29. The summed E-state index contributed by atoms with van der Waals surface area (Å²) in [6.07, 6.45) is 5.38. The number of hydrogen-bond donors (Lipinski definition) is 1. The van der Waals surface area contributed by atoms with E-state index >= 15 is 0 Å². The molecule has 108 valence electrons. The number of pyridine rings is 1. The van der Waals surface area contributed by atoms with Crippen LogP contribution in [0.3, 0.4) is 0 Å². The van der Waals surface area contributed by atoms with Gasteiger partial charge in [-0.15, -0.1) is 0 Å². The van der Waals surface area contributed by atoms with Gasteiger partial charge >= 0.3 is 0 Å². The van der Waals surface area contributed by atoms with Gasteiger partial charge in [-0.05, 0) is 18.6 Å². The minimum Gasteiger partial charge on any atom is -0.454 e. The summed E-state index contributed by atoms with van der Waals surface area (Å²) >= 11 is 0. The van der Waals surface area contributed by atoms with Crippen LogP contribution in [0.5, 0.6) is 11.5 Å². The SMILES string of the molecule is O=c1[nH]c2cc3c(cc2cc1CN1CC=CCC1)OCO3. The maximum Gasteiger partial charge on any atom is 0.252 e. The van der Waals surface area contributed by atoms with Crippen LogP contribution in [-0.4, -0.2) is 29.8 Å². The third-order valence-electron chi connectivity index (χ3n) is 3.95. The Morgan fingerprint density at radius 3 is 2.81 bits per heavy atom. The highest BCUT2D eigenvalue weighted by Crippen LogP contribution is 2.35.